The second-order valence-electron chi connectivity index (χ2n) is 2.69. The molecule has 13 heavy (non-hydrogen) atoms. The van der Waals surface area contributed by atoms with Crippen LogP contribution >= 0.6 is 11.6 Å². The number of hydrogen-bond donors (Lipinski definition) is 0. The van der Waals surface area contributed by atoms with E-state index < -0.39 is 5.82 Å². The Labute approximate surface area is 81.5 Å². The van der Waals surface area contributed by atoms with Gasteiger partial charge >= 0.3 is 0 Å². The lowest BCUT2D eigenvalue weighted by Crippen LogP contribution is -2.02. The highest BCUT2D eigenvalue weighted by atomic mass is 35.5. The molecule has 0 aliphatic heterocycles. The molecule has 0 aliphatic rings. The molecule has 0 amide bonds. The minimum atomic E-state index is -0.482. The highest BCUT2D eigenvalue weighted by Crippen LogP contribution is 2.16. The summed E-state index contributed by atoms with van der Waals surface area (Å²) in [5.41, 5.74) is 0.515. The van der Waals surface area contributed by atoms with Crippen molar-refractivity contribution in [1.82, 2.24) is 0 Å². The molecule has 70 valence electrons. The Morgan fingerprint density at radius 2 is 2.23 bits per heavy atom. The Bertz CT molecular complexity index is 323. The molecule has 0 saturated heterocycles. The third-order valence-corrected chi connectivity index (χ3v) is 2.13. The van der Waals surface area contributed by atoms with Crippen molar-refractivity contribution in [2.75, 3.05) is 0 Å². The van der Waals surface area contributed by atoms with E-state index in [1.54, 1.807) is 19.1 Å². The van der Waals surface area contributed by atoms with E-state index in [1.807, 2.05) is 0 Å². The third-order valence-electron chi connectivity index (χ3n) is 1.84. The standard InChI is InChI=1S/C10H10ClFO/c1-2-9(13)8-5-3-4-7(6-11)10(8)12/h3-5H,2,6H2,1H3. The summed E-state index contributed by atoms with van der Waals surface area (Å²) >= 11 is 5.50. The molecule has 1 nitrogen and oxygen atoms in total. The monoisotopic (exact) mass is 200 g/mol. The van der Waals surface area contributed by atoms with Crippen molar-refractivity contribution in [1.29, 1.82) is 0 Å². The van der Waals surface area contributed by atoms with Gasteiger partial charge in [-0.1, -0.05) is 19.1 Å². The molecule has 0 bridgehead atoms. The van der Waals surface area contributed by atoms with Gasteiger partial charge in [-0.2, -0.15) is 0 Å². The summed E-state index contributed by atoms with van der Waals surface area (Å²) in [6.45, 7) is 1.70. The fraction of sp³-hybridized carbons (Fsp3) is 0.300. The Morgan fingerprint density at radius 1 is 1.54 bits per heavy atom. The van der Waals surface area contributed by atoms with Gasteiger partial charge in [0.1, 0.15) is 5.82 Å². The van der Waals surface area contributed by atoms with Gasteiger partial charge in [-0.15, -0.1) is 11.6 Å². The van der Waals surface area contributed by atoms with E-state index in [1.165, 1.54) is 6.07 Å². The van der Waals surface area contributed by atoms with Crippen LogP contribution in [0.5, 0.6) is 0 Å². The Balaban J connectivity index is 3.15. The number of carbonyl (C=O) groups excluding carboxylic acids is 1. The number of ketones is 1. The highest BCUT2D eigenvalue weighted by Gasteiger charge is 2.12. The van der Waals surface area contributed by atoms with Crippen LogP contribution in [0.25, 0.3) is 0 Å². The first-order valence-corrected chi connectivity index (χ1v) is 4.60. The minimum absolute atomic E-state index is 0.0939. The molecule has 0 heterocycles. The second kappa shape index (κ2) is 4.38. The molecule has 1 aromatic carbocycles. The number of alkyl halides is 1. The number of Topliss-reactive ketones (excluding diaryl/α,β-unsaturated/α-hetero) is 1. The Kier molecular flexibility index (Phi) is 3.43. The maximum absolute atomic E-state index is 13.4. The summed E-state index contributed by atoms with van der Waals surface area (Å²) in [7, 11) is 0. The first-order chi connectivity index (χ1) is 6.20. The zero-order chi connectivity index (χ0) is 9.84. The zero-order valence-electron chi connectivity index (χ0n) is 7.31. The molecule has 1 rings (SSSR count). The Morgan fingerprint density at radius 3 is 2.77 bits per heavy atom. The fourth-order valence-corrected chi connectivity index (χ4v) is 1.30. The van der Waals surface area contributed by atoms with Gasteiger partial charge in [-0.05, 0) is 6.07 Å². The molecule has 0 spiro atoms. The summed E-state index contributed by atoms with van der Waals surface area (Å²) < 4.78 is 13.4. The molecule has 0 unspecified atom stereocenters. The molecule has 0 aromatic heterocycles. The van der Waals surface area contributed by atoms with Crippen LogP contribution in [-0.4, -0.2) is 5.78 Å². The van der Waals surface area contributed by atoms with E-state index in [-0.39, 0.29) is 17.2 Å². The van der Waals surface area contributed by atoms with Gasteiger partial charge in [0.15, 0.2) is 5.78 Å². The highest BCUT2D eigenvalue weighted by molar-refractivity contribution is 6.17. The molecule has 0 atom stereocenters. The van der Waals surface area contributed by atoms with E-state index in [2.05, 4.69) is 0 Å². The second-order valence-corrected chi connectivity index (χ2v) is 2.96. The summed E-state index contributed by atoms with van der Waals surface area (Å²) in [4.78, 5) is 11.2. The van der Waals surface area contributed by atoms with Crippen LogP contribution in [0, 0.1) is 5.82 Å². The van der Waals surface area contributed by atoms with Crippen LogP contribution < -0.4 is 0 Å². The number of hydrogen-bond acceptors (Lipinski definition) is 1. The lowest BCUT2D eigenvalue weighted by molar-refractivity contribution is 0.0984. The van der Waals surface area contributed by atoms with E-state index in [0.29, 0.717) is 12.0 Å². The lowest BCUT2D eigenvalue weighted by atomic mass is 10.1. The molecule has 0 fully saturated rings. The third kappa shape index (κ3) is 2.07. The van der Waals surface area contributed by atoms with Crippen LogP contribution in [0.15, 0.2) is 18.2 Å². The van der Waals surface area contributed by atoms with E-state index >= 15 is 0 Å². The molecular formula is C10H10ClFO. The number of rotatable bonds is 3. The summed E-state index contributed by atoms with van der Waals surface area (Å²) in [6, 6.07) is 4.70. The van der Waals surface area contributed by atoms with Gasteiger partial charge in [0.25, 0.3) is 0 Å². The average molecular weight is 201 g/mol. The van der Waals surface area contributed by atoms with E-state index in [4.69, 9.17) is 11.6 Å². The van der Waals surface area contributed by atoms with Crippen LogP contribution in [0.3, 0.4) is 0 Å². The number of halogens is 2. The Hall–Kier alpha value is -0.890. The quantitative estimate of drug-likeness (QED) is 0.541. The summed E-state index contributed by atoms with van der Waals surface area (Å²) in [6.07, 6.45) is 0.308. The molecule has 0 radical (unpaired) electrons. The summed E-state index contributed by atoms with van der Waals surface area (Å²) in [5, 5.41) is 0. The first-order valence-electron chi connectivity index (χ1n) is 4.07. The SMILES string of the molecule is CCC(=O)c1cccc(CCl)c1F. The maximum atomic E-state index is 13.4. The van der Waals surface area contributed by atoms with Crippen LogP contribution in [-0.2, 0) is 5.88 Å². The number of benzene rings is 1. The van der Waals surface area contributed by atoms with Crippen molar-refractivity contribution < 1.29 is 9.18 Å². The zero-order valence-corrected chi connectivity index (χ0v) is 8.07. The van der Waals surface area contributed by atoms with Gasteiger partial charge in [0, 0.05) is 12.0 Å². The molecule has 0 N–H and O–H groups in total. The van der Waals surface area contributed by atoms with E-state index in [9.17, 15) is 9.18 Å². The van der Waals surface area contributed by atoms with Crippen LogP contribution in [0.2, 0.25) is 0 Å². The van der Waals surface area contributed by atoms with Crippen molar-refractivity contribution in [2.45, 2.75) is 19.2 Å². The first kappa shape index (κ1) is 10.2. The smallest absolute Gasteiger partial charge is 0.165 e. The van der Waals surface area contributed by atoms with Crippen molar-refractivity contribution in [2.24, 2.45) is 0 Å². The topological polar surface area (TPSA) is 17.1 Å². The normalized spacial score (nSPS) is 10.1. The van der Waals surface area contributed by atoms with Gasteiger partial charge < -0.3 is 0 Å². The maximum Gasteiger partial charge on any atom is 0.165 e. The minimum Gasteiger partial charge on any atom is -0.294 e. The van der Waals surface area contributed by atoms with Gasteiger partial charge in [-0.3, -0.25) is 4.79 Å². The van der Waals surface area contributed by atoms with E-state index in [0.717, 1.165) is 0 Å². The van der Waals surface area contributed by atoms with Gasteiger partial charge in [0.05, 0.1) is 11.4 Å². The summed E-state index contributed by atoms with van der Waals surface area (Å²) in [5.74, 6) is -0.578. The van der Waals surface area contributed by atoms with Gasteiger partial charge in [-0.25, -0.2) is 4.39 Å². The molecular weight excluding hydrogens is 191 g/mol. The molecule has 0 aliphatic carbocycles. The van der Waals surface area contributed by atoms with Crippen molar-refractivity contribution in [3.05, 3.63) is 35.1 Å². The predicted octanol–water partition coefficient (Wildman–Crippen LogP) is 3.16. The van der Waals surface area contributed by atoms with Crippen molar-refractivity contribution in [3.8, 4) is 0 Å². The van der Waals surface area contributed by atoms with Crippen LogP contribution in [0.1, 0.15) is 29.3 Å². The molecule has 0 saturated carbocycles. The number of carbonyl (C=O) groups is 1. The molecule has 1 aromatic rings. The largest absolute Gasteiger partial charge is 0.294 e. The lowest BCUT2D eigenvalue weighted by Gasteiger charge is -2.03. The van der Waals surface area contributed by atoms with Crippen molar-refractivity contribution >= 4 is 17.4 Å². The molecule has 3 heteroatoms. The van der Waals surface area contributed by atoms with Crippen LogP contribution in [0.4, 0.5) is 4.39 Å². The average Bonchev–Trinajstić information content (AvgIpc) is 2.17. The fourth-order valence-electron chi connectivity index (χ4n) is 1.09. The predicted molar refractivity (Wildman–Crippen MR) is 50.6 cm³/mol. The van der Waals surface area contributed by atoms with Crippen molar-refractivity contribution in [3.63, 3.8) is 0 Å². The van der Waals surface area contributed by atoms with Gasteiger partial charge in [0.2, 0.25) is 0 Å².